The minimum atomic E-state index is -2.18. The van der Waals surface area contributed by atoms with Gasteiger partial charge in [0.25, 0.3) is 0 Å². The fourth-order valence-electron chi connectivity index (χ4n) is 1.50. The maximum absolute atomic E-state index is 13.3. The molecule has 3 nitrogen and oxygen atoms in total. The average Bonchev–Trinajstić information content (AvgIpc) is 2.80. The van der Waals surface area contributed by atoms with Gasteiger partial charge in [0.2, 0.25) is 5.82 Å². The zero-order chi connectivity index (χ0) is 14.2. The van der Waals surface area contributed by atoms with Crippen molar-refractivity contribution in [3.8, 4) is 0 Å². The summed E-state index contributed by atoms with van der Waals surface area (Å²) in [7, 11) is 1.63. The van der Waals surface area contributed by atoms with Crippen LogP contribution >= 0.6 is 0 Å². The van der Waals surface area contributed by atoms with Crippen molar-refractivity contribution in [2.45, 2.75) is 6.54 Å². The maximum Gasteiger partial charge on any atom is 0.200 e. The summed E-state index contributed by atoms with van der Waals surface area (Å²) in [5, 5.41) is 6.04. The van der Waals surface area contributed by atoms with Crippen LogP contribution in [0, 0.1) is 29.1 Å². The van der Waals surface area contributed by atoms with Crippen molar-refractivity contribution in [2.24, 2.45) is 7.05 Å². The number of aryl methyl sites for hydroxylation is 1. The summed E-state index contributed by atoms with van der Waals surface area (Å²) in [5.74, 6) is -9.94. The zero-order valence-corrected chi connectivity index (χ0v) is 9.65. The number of nitrogens with one attached hydrogen (secondary N) is 1. The van der Waals surface area contributed by atoms with E-state index in [4.69, 9.17) is 0 Å². The van der Waals surface area contributed by atoms with E-state index >= 15 is 0 Å². The molecule has 0 amide bonds. The van der Waals surface area contributed by atoms with Crippen molar-refractivity contribution < 1.29 is 22.0 Å². The molecule has 0 atom stereocenters. The highest BCUT2D eigenvalue weighted by Crippen LogP contribution is 2.27. The minimum absolute atomic E-state index is 0.167. The topological polar surface area (TPSA) is 29.9 Å². The average molecular weight is 277 g/mol. The van der Waals surface area contributed by atoms with Gasteiger partial charge in [-0.1, -0.05) is 0 Å². The molecule has 0 spiro atoms. The Bertz CT molecular complexity index is 594. The van der Waals surface area contributed by atoms with Crippen LogP contribution in [0.1, 0.15) is 5.69 Å². The van der Waals surface area contributed by atoms with Gasteiger partial charge >= 0.3 is 0 Å². The van der Waals surface area contributed by atoms with Gasteiger partial charge in [-0.2, -0.15) is 5.10 Å². The molecule has 2 aromatic rings. The number of benzene rings is 1. The van der Waals surface area contributed by atoms with Crippen LogP contribution < -0.4 is 5.32 Å². The number of hydrogen-bond acceptors (Lipinski definition) is 2. The Hall–Kier alpha value is -2.12. The summed E-state index contributed by atoms with van der Waals surface area (Å²) >= 11 is 0. The van der Waals surface area contributed by atoms with Crippen molar-refractivity contribution in [1.29, 1.82) is 0 Å². The fourth-order valence-corrected chi connectivity index (χ4v) is 1.50. The third-order valence-corrected chi connectivity index (χ3v) is 2.42. The third-order valence-electron chi connectivity index (χ3n) is 2.42. The summed E-state index contributed by atoms with van der Waals surface area (Å²) in [4.78, 5) is 0. The van der Waals surface area contributed by atoms with Crippen molar-refractivity contribution in [1.82, 2.24) is 9.78 Å². The smallest absolute Gasteiger partial charge is 0.200 e. The highest BCUT2D eigenvalue weighted by Gasteiger charge is 2.25. The normalized spacial score (nSPS) is 10.8. The molecule has 8 heteroatoms. The molecule has 2 rings (SSSR count). The SMILES string of the molecule is Cn1ccc(CNc2c(F)c(F)c(F)c(F)c2F)n1. The third kappa shape index (κ3) is 2.38. The van der Waals surface area contributed by atoms with E-state index in [1.165, 1.54) is 4.68 Å². The first-order valence-corrected chi connectivity index (χ1v) is 5.15. The van der Waals surface area contributed by atoms with E-state index in [2.05, 4.69) is 10.4 Å². The van der Waals surface area contributed by atoms with Crippen molar-refractivity contribution in [3.05, 3.63) is 47.0 Å². The summed E-state index contributed by atoms with van der Waals surface area (Å²) < 4.78 is 66.7. The van der Waals surface area contributed by atoms with Crippen LogP contribution in [-0.2, 0) is 13.6 Å². The van der Waals surface area contributed by atoms with Crippen molar-refractivity contribution in [2.75, 3.05) is 5.32 Å². The van der Waals surface area contributed by atoms with Gasteiger partial charge in [0.1, 0.15) is 5.69 Å². The lowest BCUT2D eigenvalue weighted by Crippen LogP contribution is -2.10. The molecule has 0 radical (unpaired) electrons. The number of aromatic nitrogens is 2. The number of hydrogen-bond donors (Lipinski definition) is 1. The van der Waals surface area contributed by atoms with Gasteiger partial charge in [0.15, 0.2) is 23.3 Å². The van der Waals surface area contributed by atoms with Crippen molar-refractivity contribution >= 4 is 5.69 Å². The molecule has 0 aliphatic rings. The number of anilines is 1. The Balaban J connectivity index is 2.30. The second-order valence-electron chi connectivity index (χ2n) is 3.78. The summed E-state index contributed by atoms with van der Waals surface area (Å²) in [6.07, 6.45) is 1.58. The van der Waals surface area contributed by atoms with Crippen LogP contribution in [0.4, 0.5) is 27.6 Å². The summed E-state index contributed by atoms with van der Waals surface area (Å²) in [5.41, 5.74) is -0.673. The first-order chi connectivity index (χ1) is 8.91. The van der Waals surface area contributed by atoms with Gasteiger partial charge in [-0.05, 0) is 6.07 Å². The molecule has 1 heterocycles. The highest BCUT2D eigenvalue weighted by molar-refractivity contribution is 5.47. The first-order valence-electron chi connectivity index (χ1n) is 5.15. The van der Waals surface area contributed by atoms with E-state index in [1.54, 1.807) is 19.3 Å². The van der Waals surface area contributed by atoms with E-state index < -0.39 is 34.8 Å². The van der Waals surface area contributed by atoms with Crippen LogP contribution in [0.2, 0.25) is 0 Å². The molecule has 1 aromatic carbocycles. The largest absolute Gasteiger partial charge is 0.374 e. The van der Waals surface area contributed by atoms with Gasteiger partial charge in [-0.3, -0.25) is 4.68 Å². The van der Waals surface area contributed by atoms with Crippen LogP contribution in [0.15, 0.2) is 12.3 Å². The van der Waals surface area contributed by atoms with Gasteiger partial charge in [-0.15, -0.1) is 0 Å². The molecule has 0 aliphatic heterocycles. The van der Waals surface area contributed by atoms with E-state index in [9.17, 15) is 22.0 Å². The maximum atomic E-state index is 13.3. The first kappa shape index (κ1) is 13.3. The number of rotatable bonds is 3. The van der Waals surface area contributed by atoms with Crippen LogP contribution in [0.5, 0.6) is 0 Å². The summed E-state index contributed by atoms with van der Waals surface area (Å²) in [6, 6.07) is 1.54. The lowest BCUT2D eigenvalue weighted by molar-refractivity contribution is 0.381. The molecule has 0 bridgehead atoms. The Kier molecular flexibility index (Phi) is 3.41. The molecular weight excluding hydrogens is 269 g/mol. The molecule has 1 aromatic heterocycles. The zero-order valence-electron chi connectivity index (χ0n) is 9.65. The molecule has 102 valence electrons. The van der Waals surface area contributed by atoms with Crippen LogP contribution in [-0.4, -0.2) is 9.78 Å². The van der Waals surface area contributed by atoms with Crippen LogP contribution in [0.25, 0.3) is 0 Å². The lowest BCUT2D eigenvalue weighted by Gasteiger charge is -2.09. The predicted molar refractivity (Wildman–Crippen MR) is 56.8 cm³/mol. The Labute approximate surface area is 104 Å². The molecular formula is C11H8F5N3. The Morgan fingerprint density at radius 2 is 1.53 bits per heavy atom. The molecule has 0 unspecified atom stereocenters. The van der Waals surface area contributed by atoms with E-state index in [0.29, 0.717) is 5.69 Å². The second-order valence-corrected chi connectivity index (χ2v) is 3.78. The van der Waals surface area contributed by atoms with Gasteiger partial charge in [0, 0.05) is 13.2 Å². The monoisotopic (exact) mass is 277 g/mol. The molecule has 0 saturated heterocycles. The van der Waals surface area contributed by atoms with E-state index in [0.717, 1.165) is 0 Å². The predicted octanol–water partition coefficient (Wildman–Crippen LogP) is 2.73. The van der Waals surface area contributed by atoms with Gasteiger partial charge in [-0.25, -0.2) is 22.0 Å². The Morgan fingerprint density at radius 3 is 2.00 bits per heavy atom. The second kappa shape index (κ2) is 4.87. The van der Waals surface area contributed by atoms with E-state index in [-0.39, 0.29) is 6.54 Å². The number of halogens is 5. The standard InChI is InChI=1S/C11H8F5N3/c1-19-3-2-5(18-19)4-17-11-9(15)7(13)6(12)8(14)10(11)16/h2-3,17H,4H2,1H3. The molecule has 0 fully saturated rings. The van der Waals surface area contributed by atoms with Gasteiger partial charge in [0.05, 0.1) is 12.2 Å². The fraction of sp³-hybridized carbons (Fsp3) is 0.182. The molecule has 1 N–H and O–H groups in total. The van der Waals surface area contributed by atoms with E-state index in [1.807, 2.05) is 0 Å². The number of nitrogens with zero attached hydrogens (tertiary/aromatic N) is 2. The molecule has 19 heavy (non-hydrogen) atoms. The highest BCUT2D eigenvalue weighted by atomic mass is 19.2. The quantitative estimate of drug-likeness (QED) is 0.531. The van der Waals surface area contributed by atoms with Crippen LogP contribution in [0.3, 0.4) is 0 Å². The summed E-state index contributed by atoms with van der Waals surface area (Å²) in [6.45, 7) is -0.167. The van der Waals surface area contributed by atoms with Crippen molar-refractivity contribution in [3.63, 3.8) is 0 Å². The minimum Gasteiger partial charge on any atom is -0.374 e. The Morgan fingerprint density at radius 1 is 1.00 bits per heavy atom. The van der Waals surface area contributed by atoms with Gasteiger partial charge < -0.3 is 5.32 Å². The molecule has 0 saturated carbocycles. The molecule has 0 aliphatic carbocycles. The lowest BCUT2D eigenvalue weighted by atomic mass is 10.2.